The van der Waals surface area contributed by atoms with Crippen LogP contribution >= 0.6 is 0 Å². The van der Waals surface area contributed by atoms with Crippen LogP contribution in [0.2, 0.25) is 0 Å². The molecule has 1 unspecified atom stereocenters. The lowest BCUT2D eigenvalue weighted by Crippen LogP contribution is -2.34. The summed E-state index contributed by atoms with van der Waals surface area (Å²) < 4.78 is 5.85. The zero-order valence-electron chi connectivity index (χ0n) is 12.5. The van der Waals surface area contributed by atoms with Crippen LogP contribution in [0, 0.1) is 6.92 Å². The van der Waals surface area contributed by atoms with Crippen molar-refractivity contribution < 1.29 is 4.74 Å². The maximum Gasteiger partial charge on any atom is 0.142 e. The first-order valence-corrected chi connectivity index (χ1v) is 7.54. The van der Waals surface area contributed by atoms with Crippen LogP contribution in [0.25, 0.3) is 0 Å². The van der Waals surface area contributed by atoms with Crippen molar-refractivity contribution >= 4 is 5.69 Å². The molecule has 0 saturated carbocycles. The molecule has 0 amide bonds. The molecule has 1 atom stereocenters. The molecule has 1 heterocycles. The van der Waals surface area contributed by atoms with Gasteiger partial charge in [0.15, 0.2) is 0 Å². The van der Waals surface area contributed by atoms with Crippen LogP contribution in [-0.4, -0.2) is 19.7 Å². The monoisotopic (exact) mass is 282 g/mol. The highest BCUT2D eigenvalue weighted by Gasteiger charge is 2.24. The van der Waals surface area contributed by atoms with Crippen molar-refractivity contribution in [3.05, 3.63) is 59.7 Å². The summed E-state index contributed by atoms with van der Waals surface area (Å²) in [7, 11) is 0. The first-order valence-electron chi connectivity index (χ1n) is 7.54. The Labute approximate surface area is 126 Å². The molecule has 110 valence electrons. The third-order valence-electron chi connectivity index (χ3n) is 4.00. The van der Waals surface area contributed by atoms with Crippen LogP contribution in [0.15, 0.2) is 48.5 Å². The zero-order chi connectivity index (χ0) is 14.7. The van der Waals surface area contributed by atoms with Crippen molar-refractivity contribution in [1.29, 1.82) is 0 Å². The summed E-state index contributed by atoms with van der Waals surface area (Å²) in [5.41, 5.74) is 9.80. The van der Waals surface area contributed by atoms with Crippen molar-refractivity contribution in [2.24, 2.45) is 5.73 Å². The lowest BCUT2D eigenvalue weighted by atomic mass is 10.0. The van der Waals surface area contributed by atoms with Crippen molar-refractivity contribution in [3.63, 3.8) is 0 Å². The highest BCUT2D eigenvalue weighted by atomic mass is 16.5. The van der Waals surface area contributed by atoms with Crippen LogP contribution in [0.1, 0.15) is 23.6 Å². The Morgan fingerprint density at radius 3 is 2.86 bits per heavy atom. The molecular weight excluding hydrogens is 260 g/mol. The smallest absolute Gasteiger partial charge is 0.142 e. The van der Waals surface area contributed by atoms with Gasteiger partial charge in [0.1, 0.15) is 5.75 Å². The van der Waals surface area contributed by atoms with Gasteiger partial charge in [-0.2, -0.15) is 0 Å². The first kappa shape index (κ1) is 14.0. The normalized spacial score (nSPS) is 15.8. The fourth-order valence-electron chi connectivity index (χ4n) is 3.00. The molecule has 3 rings (SSSR count). The average molecular weight is 282 g/mol. The average Bonchev–Trinajstić information content (AvgIpc) is 2.71. The summed E-state index contributed by atoms with van der Waals surface area (Å²) in [5.74, 6) is 0.959. The van der Waals surface area contributed by atoms with E-state index >= 15 is 0 Å². The van der Waals surface area contributed by atoms with Crippen LogP contribution in [0.5, 0.6) is 5.75 Å². The predicted molar refractivity (Wildman–Crippen MR) is 86.9 cm³/mol. The lowest BCUT2D eigenvalue weighted by Gasteiger charge is -2.32. The van der Waals surface area contributed by atoms with E-state index in [2.05, 4.69) is 48.2 Å². The number of benzene rings is 2. The molecule has 3 nitrogen and oxygen atoms in total. The third-order valence-corrected chi connectivity index (χ3v) is 4.00. The minimum Gasteiger partial charge on any atom is -0.491 e. The first-order chi connectivity index (χ1) is 10.3. The molecule has 3 heteroatoms. The Bertz CT molecular complexity index is 612. The second-order valence-corrected chi connectivity index (χ2v) is 5.53. The summed E-state index contributed by atoms with van der Waals surface area (Å²) in [6.45, 7) is 4.44. The summed E-state index contributed by atoms with van der Waals surface area (Å²) in [6.07, 6.45) is 1.01. The van der Waals surface area contributed by atoms with Gasteiger partial charge in [-0.3, -0.25) is 0 Å². The second-order valence-electron chi connectivity index (χ2n) is 5.53. The molecule has 0 radical (unpaired) electrons. The fourth-order valence-corrected chi connectivity index (χ4v) is 3.00. The van der Waals surface area contributed by atoms with Crippen molar-refractivity contribution in [2.75, 3.05) is 24.6 Å². The van der Waals surface area contributed by atoms with Gasteiger partial charge in [0.2, 0.25) is 0 Å². The summed E-state index contributed by atoms with van der Waals surface area (Å²) in [5, 5.41) is 0. The molecule has 1 aliphatic rings. The molecule has 1 aliphatic heterocycles. The topological polar surface area (TPSA) is 38.5 Å². The SMILES string of the molecule is Cc1cccc(C(CN)N2CCCOc3ccccc32)c1. The van der Waals surface area contributed by atoms with E-state index in [0.29, 0.717) is 6.54 Å². The largest absolute Gasteiger partial charge is 0.491 e. The van der Waals surface area contributed by atoms with Gasteiger partial charge in [-0.05, 0) is 31.0 Å². The van der Waals surface area contributed by atoms with E-state index in [4.69, 9.17) is 10.5 Å². The molecule has 2 aromatic carbocycles. The Morgan fingerprint density at radius 1 is 1.19 bits per heavy atom. The van der Waals surface area contributed by atoms with Gasteiger partial charge in [-0.15, -0.1) is 0 Å². The number of hydrogen-bond donors (Lipinski definition) is 1. The maximum absolute atomic E-state index is 6.11. The molecule has 2 N–H and O–H groups in total. The Kier molecular flexibility index (Phi) is 4.11. The third kappa shape index (κ3) is 2.88. The minimum atomic E-state index is 0.188. The van der Waals surface area contributed by atoms with Crippen molar-refractivity contribution in [2.45, 2.75) is 19.4 Å². The summed E-state index contributed by atoms with van der Waals surface area (Å²) >= 11 is 0. The number of nitrogens with zero attached hydrogens (tertiary/aromatic N) is 1. The van der Waals surface area contributed by atoms with Crippen molar-refractivity contribution in [3.8, 4) is 5.75 Å². The molecular formula is C18H22N2O. The quantitative estimate of drug-likeness (QED) is 0.939. The molecule has 2 aromatic rings. The van der Waals surface area contributed by atoms with E-state index in [9.17, 15) is 0 Å². The molecule has 0 bridgehead atoms. The molecule has 0 aromatic heterocycles. The summed E-state index contributed by atoms with van der Waals surface area (Å²) in [6, 6.07) is 17.1. The minimum absolute atomic E-state index is 0.188. The number of anilines is 1. The van der Waals surface area contributed by atoms with E-state index in [1.54, 1.807) is 0 Å². The Morgan fingerprint density at radius 2 is 2.05 bits per heavy atom. The molecule has 0 aliphatic carbocycles. The van der Waals surface area contributed by atoms with Crippen LogP contribution in [0.4, 0.5) is 5.69 Å². The fraction of sp³-hybridized carbons (Fsp3) is 0.333. The van der Waals surface area contributed by atoms with E-state index in [1.165, 1.54) is 11.1 Å². The van der Waals surface area contributed by atoms with Gasteiger partial charge in [0.25, 0.3) is 0 Å². The van der Waals surface area contributed by atoms with E-state index in [0.717, 1.165) is 31.0 Å². The molecule has 0 saturated heterocycles. The molecule has 21 heavy (non-hydrogen) atoms. The number of fused-ring (bicyclic) bond motifs is 1. The van der Waals surface area contributed by atoms with Gasteiger partial charge in [0.05, 0.1) is 18.3 Å². The van der Waals surface area contributed by atoms with Crippen molar-refractivity contribution in [1.82, 2.24) is 0 Å². The highest BCUT2D eigenvalue weighted by Crippen LogP contribution is 2.36. The molecule has 0 fully saturated rings. The van der Waals surface area contributed by atoms with Gasteiger partial charge in [-0.25, -0.2) is 0 Å². The standard InChI is InChI=1S/C18H22N2O/c1-14-6-4-7-15(12-14)17(13-19)20-10-5-11-21-18-9-3-2-8-16(18)20/h2-4,6-9,12,17H,5,10-11,13,19H2,1H3. The van der Waals surface area contributed by atoms with Gasteiger partial charge >= 0.3 is 0 Å². The molecule has 0 spiro atoms. The Hall–Kier alpha value is -2.00. The zero-order valence-corrected chi connectivity index (χ0v) is 12.5. The van der Waals surface area contributed by atoms with Crippen LogP contribution in [0.3, 0.4) is 0 Å². The maximum atomic E-state index is 6.11. The van der Waals surface area contributed by atoms with Crippen LogP contribution in [-0.2, 0) is 0 Å². The number of hydrogen-bond acceptors (Lipinski definition) is 3. The number of aryl methyl sites for hydroxylation is 1. The van der Waals surface area contributed by atoms with E-state index < -0.39 is 0 Å². The Balaban J connectivity index is 2.00. The summed E-state index contributed by atoms with van der Waals surface area (Å²) in [4.78, 5) is 2.39. The van der Waals surface area contributed by atoms with Gasteiger partial charge < -0.3 is 15.4 Å². The highest BCUT2D eigenvalue weighted by molar-refractivity contribution is 5.60. The van der Waals surface area contributed by atoms with Gasteiger partial charge in [-0.1, -0.05) is 42.0 Å². The number of nitrogens with two attached hydrogens (primary N) is 1. The van der Waals surface area contributed by atoms with E-state index in [-0.39, 0.29) is 6.04 Å². The second kappa shape index (κ2) is 6.19. The van der Waals surface area contributed by atoms with Gasteiger partial charge in [0, 0.05) is 13.1 Å². The predicted octanol–water partition coefficient (Wildman–Crippen LogP) is 3.28. The van der Waals surface area contributed by atoms with E-state index in [1.807, 2.05) is 12.1 Å². The van der Waals surface area contributed by atoms with Crippen LogP contribution < -0.4 is 15.4 Å². The number of ether oxygens (including phenoxy) is 1. The number of para-hydroxylation sites is 2. The lowest BCUT2D eigenvalue weighted by molar-refractivity contribution is 0.322. The number of rotatable bonds is 3.